The highest BCUT2D eigenvalue weighted by Gasteiger charge is 2.24. The van der Waals surface area contributed by atoms with Gasteiger partial charge in [0.1, 0.15) is 5.82 Å². The van der Waals surface area contributed by atoms with Gasteiger partial charge >= 0.3 is 0 Å². The molecule has 0 saturated heterocycles. The van der Waals surface area contributed by atoms with Gasteiger partial charge in [-0.05, 0) is 56.8 Å². The van der Waals surface area contributed by atoms with Crippen molar-refractivity contribution in [3.05, 3.63) is 34.6 Å². The Morgan fingerprint density at radius 3 is 2.28 bits per heavy atom. The number of benzene rings is 1. The van der Waals surface area contributed by atoms with Gasteiger partial charge in [-0.3, -0.25) is 0 Å². The molecule has 0 bridgehead atoms. The van der Waals surface area contributed by atoms with E-state index in [2.05, 4.69) is 39.9 Å². The molecule has 0 radical (unpaired) electrons. The van der Waals surface area contributed by atoms with Gasteiger partial charge in [0.15, 0.2) is 0 Å². The maximum absolute atomic E-state index is 13.9. The van der Waals surface area contributed by atoms with Gasteiger partial charge in [0.2, 0.25) is 0 Å². The Kier molecular flexibility index (Phi) is 4.79. The van der Waals surface area contributed by atoms with Gasteiger partial charge in [-0.25, -0.2) is 4.39 Å². The van der Waals surface area contributed by atoms with Crippen LogP contribution in [-0.2, 0) is 5.41 Å². The first-order chi connectivity index (χ1) is 8.12. The highest BCUT2D eigenvalue weighted by Crippen LogP contribution is 2.30. The molecule has 102 valence electrons. The fourth-order valence-electron chi connectivity index (χ4n) is 1.92. The third kappa shape index (κ3) is 4.58. The van der Waals surface area contributed by atoms with Gasteiger partial charge in [-0.2, -0.15) is 0 Å². The minimum atomic E-state index is -0.219. The zero-order valence-electron chi connectivity index (χ0n) is 11.9. The van der Waals surface area contributed by atoms with Crippen molar-refractivity contribution < 1.29 is 4.39 Å². The first kappa shape index (κ1) is 15.5. The second-order valence-corrected chi connectivity index (χ2v) is 6.87. The van der Waals surface area contributed by atoms with Crippen molar-refractivity contribution in [1.29, 1.82) is 0 Å². The molecule has 1 aromatic carbocycles. The quantitative estimate of drug-likeness (QED) is 0.848. The molecule has 0 saturated carbocycles. The Morgan fingerprint density at radius 2 is 1.78 bits per heavy atom. The smallest absolute Gasteiger partial charge is 0.128 e. The van der Waals surface area contributed by atoms with Crippen molar-refractivity contribution in [3.63, 3.8) is 0 Å². The van der Waals surface area contributed by atoms with Gasteiger partial charge in [0.05, 0.1) is 0 Å². The van der Waals surface area contributed by atoms with E-state index in [1.54, 1.807) is 12.1 Å². The lowest BCUT2D eigenvalue weighted by molar-refractivity contribution is 0.373. The van der Waals surface area contributed by atoms with Crippen LogP contribution in [0.5, 0.6) is 0 Å². The summed E-state index contributed by atoms with van der Waals surface area (Å²) in [6, 6.07) is 4.92. The van der Waals surface area contributed by atoms with Crippen LogP contribution in [0.3, 0.4) is 0 Å². The number of hydrogen-bond acceptors (Lipinski definition) is 1. The molecule has 1 nitrogen and oxygen atoms in total. The average molecular weight is 272 g/mol. The van der Waals surface area contributed by atoms with Gasteiger partial charge in [0, 0.05) is 10.6 Å². The first-order valence-electron chi connectivity index (χ1n) is 6.32. The van der Waals surface area contributed by atoms with E-state index in [9.17, 15) is 4.39 Å². The molecule has 0 fully saturated rings. The maximum atomic E-state index is 13.9. The van der Waals surface area contributed by atoms with Gasteiger partial charge in [0.25, 0.3) is 0 Å². The molecule has 0 spiro atoms. The molecule has 0 atom stereocenters. The largest absolute Gasteiger partial charge is 0.312 e. The predicted molar refractivity (Wildman–Crippen MR) is 76.8 cm³/mol. The van der Waals surface area contributed by atoms with Crippen LogP contribution in [0.2, 0.25) is 5.02 Å². The van der Waals surface area contributed by atoms with Gasteiger partial charge in [-0.15, -0.1) is 0 Å². The molecule has 1 rings (SSSR count). The van der Waals surface area contributed by atoms with Crippen molar-refractivity contribution in [1.82, 2.24) is 5.32 Å². The molecule has 3 heteroatoms. The molecule has 0 aliphatic heterocycles. The Morgan fingerprint density at radius 1 is 1.17 bits per heavy atom. The van der Waals surface area contributed by atoms with Crippen LogP contribution < -0.4 is 5.32 Å². The fourth-order valence-corrected chi connectivity index (χ4v) is 2.08. The van der Waals surface area contributed by atoms with E-state index in [1.807, 2.05) is 0 Å². The molecular weight excluding hydrogens is 249 g/mol. The van der Waals surface area contributed by atoms with Crippen molar-refractivity contribution >= 4 is 11.6 Å². The topological polar surface area (TPSA) is 12.0 Å². The number of rotatable bonds is 4. The summed E-state index contributed by atoms with van der Waals surface area (Å²) in [5.74, 6) is -0.219. The highest BCUT2D eigenvalue weighted by molar-refractivity contribution is 6.30. The molecule has 18 heavy (non-hydrogen) atoms. The normalized spacial score (nSPS) is 12.8. The van der Waals surface area contributed by atoms with Crippen molar-refractivity contribution in [3.8, 4) is 0 Å². The summed E-state index contributed by atoms with van der Waals surface area (Å²) in [7, 11) is 0. The van der Waals surface area contributed by atoms with E-state index in [4.69, 9.17) is 11.6 Å². The van der Waals surface area contributed by atoms with Crippen LogP contribution in [-0.4, -0.2) is 12.1 Å². The highest BCUT2D eigenvalue weighted by atomic mass is 35.5. The van der Waals surface area contributed by atoms with E-state index in [1.165, 1.54) is 6.07 Å². The second kappa shape index (κ2) is 5.58. The minimum Gasteiger partial charge on any atom is -0.312 e. The SMILES string of the molecule is CC(C)(C)NCCC(C)(C)c1ccc(Cl)cc1F. The number of hydrogen-bond donors (Lipinski definition) is 1. The lowest BCUT2D eigenvalue weighted by atomic mass is 9.81. The summed E-state index contributed by atoms with van der Waals surface area (Å²) in [5, 5.41) is 3.87. The third-order valence-electron chi connectivity index (χ3n) is 3.07. The van der Waals surface area contributed by atoms with Gasteiger partial charge < -0.3 is 5.32 Å². The minimum absolute atomic E-state index is 0.0919. The van der Waals surface area contributed by atoms with Crippen LogP contribution in [0.1, 0.15) is 46.6 Å². The van der Waals surface area contributed by atoms with Crippen LogP contribution in [0, 0.1) is 5.82 Å². The molecule has 1 N–H and O–H groups in total. The number of halogens is 2. The van der Waals surface area contributed by atoms with Crippen molar-refractivity contribution in [2.24, 2.45) is 0 Å². The fraction of sp³-hybridized carbons (Fsp3) is 0.600. The summed E-state index contributed by atoms with van der Waals surface area (Å²) in [5.41, 5.74) is 0.615. The lowest BCUT2D eigenvalue weighted by Gasteiger charge is -2.28. The van der Waals surface area contributed by atoms with E-state index in [0.717, 1.165) is 18.5 Å². The summed E-state index contributed by atoms with van der Waals surface area (Å²) >= 11 is 5.78. The lowest BCUT2D eigenvalue weighted by Crippen LogP contribution is -2.38. The zero-order chi connectivity index (χ0) is 14.0. The van der Waals surface area contributed by atoms with E-state index >= 15 is 0 Å². The monoisotopic (exact) mass is 271 g/mol. The Bertz CT molecular complexity index is 407. The summed E-state index contributed by atoms with van der Waals surface area (Å²) in [6.07, 6.45) is 0.878. The van der Waals surface area contributed by atoms with Crippen LogP contribution in [0.25, 0.3) is 0 Å². The van der Waals surface area contributed by atoms with E-state index < -0.39 is 0 Å². The van der Waals surface area contributed by atoms with Gasteiger partial charge in [-0.1, -0.05) is 31.5 Å². The molecule has 1 aromatic rings. The average Bonchev–Trinajstić information content (AvgIpc) is 2.13. The molecule has 0 heterocycles. The van der Waals surface area contributed by atoms with E-state index in [-0.39, 0.29) is 16.8 Å². The molecule has 0 aliphatic carbocycles. The van der Waals surface area contributed by atoms with Crippen LogP contribution in [0.15, 0.2) is 18.2 Å². The van der Waals surface area contributed by atoms with Crippen molar-refractivity contribution in [2.75, 3.05) is 6.54 Å². The molecule has 0 aliphatic rings. The first-order valence-corrected chi connectivity index (χ1v) is 6.70. The Hall–Kier alpha value is -0.600. The molecule has 0 aromatic heterocycles. The summed E-state index contributed by atoms with van der Waals surface area (Å²) in [4.78, 5) is 0. The van der Waals surface area contributed by atoms with Crippen LogP contribution in [0.4, 0.5) is 4.39 Å². The molecule has 0 unspecified atom stereocenters. The van der Waals surface area contributed by atoms with E-state index in [0.29, 0.717) is 5.02 Å². The van der Waals surface area contributed by atoms with Crippen molar-refractivity contribution in [2.45, 2.75) is 52.0 Å². The summed E-state index contributed by atoms with van der Waals surface area (Å²) in [6.45, 7) is 11.4. The number of nitrogens with one attached hydrogen (secondary N) is 1. The summed E-state index contributed by atoms with van der Waals surface area (Å²) < 4.78 is 13.9. The standard InChI is InChI=1S/C15H23ClFN/c1-14(2,3)18-9-8-15(4,5)12-7-6-11(16)10-13(12)17/h6-7,10,18H,8-9H2,1-5H3. The second-order valence-electron chi connectivity index (χ2n) is 6.43. The molecule has 0 amide bonds. The Balaban J connectivity index is 2.73. The maximum Gasteiger partial charge on any atom is 0.128 e. The zero-order valence-corrected chi connectivity index (χ0v) is 12.7. The predicted octanol–water partition coefficient (Wildman–Crippen LogP) is 4.53. The molecular formula is C15H23ClFN. The third-order valence-corrected chi connectivity index (χ3v) is 3.30. The van der Waals surface area contributed by atoms with Crippen LogP contribution >= 0.6 is 11.6 Å². The Labute approximate surface area is 115 Å².